The van der Waals surface area contributed by atoms with E-state index in [1.54, 1.807) is 0 Å². The van der Waals surface area contributed by atoms with E-state index in [4.69, 9.17) is 0 Å². The Hall–Kier alpha value is -0.290. The van der Waals surface area contributed by atoms with Gasteiger partial charge in [0.2, 0.25) is 0 Å². The van der Waals surface area contributed by atoms with E-state index >= 15 is 0 Å². The topological polar surface area (TPSA) is 15.3 Å². The first-order chi connectivity index (χ1) is 9.77. The number of likely N-dealkylation sites (tertiary alicyclic amines) is 1. The minimum Gasteiger partial charge on any atom is -0.306 e. The lowest BCUT2D eigenvalue weighted by atomic mass is 9.75. The summed E-state index contributed by atoms with van der Waals surface area (Å²) in [6.07, 6.45) is 0.331. The molecule has 3 atom stereocenters. The molecule has 21 heavy (non-hydrogen) atoms. The van der Waals surface area contributed by atoms with Crippen molar-refractivity contribution in [3.63, 3.8) is 0 Å². The first-order valence-electron chi connectivity index (χ1n) is 8.28. The molecule has 2 fully saturated rings. The van der Waals surface area contributed by atoms with Crippen molar-refractivity contribution in [2.75, 3.05) is 20.1 Å². The van der Waals surface area contributed by atoms with Crippen LogP contribution >= 0.6 is 0 Å². The zero-order valence-corrected chi connectivity index (χ0v) is 13.4. The van der Waals surface area contributed by atoms with Gasteiger partial charge in [-0.1, -0.05) is 13.8 Å². The summed E-state index contributed by atoms with van der Waals surface area (Å²) in [5.41, 5.74) is 0. The van der Waals surface area contributed by atoms with E-state index in [0.29, 0.717) is 18.3 Å². The Morgan fingerprint density at radius 3 is 2.24 bits per heavy atom. The third kappa shape index (κ3) is 4.59. The molecule has 0 aromatic rings. The zero-order chi connectivity index (χ0) is 15.6. The van der Waals surface area contributed by atoms with Crippen molar-refractivity contribution in [3.05, 3.63) is 0 Å². The van der Waals surface area contributed by atoms with Crippen LogP contribution in [0.2, 0.25) is 0 Å². The van der Waals surface area contributed by atoms with Crippen LogP contribution in [0.15, 0.2) is 0 Å². The van der Waals surface area contributed by atoms with Gasteiger partial charge in [-0.25, -0.2) is 0 Å². The summed E-state index contributed by atoms with van der Waals surface area (Å²) in [6, 6.07) is -1.30. The van der Waals surface area contributed by atoms with Crippen LogP contribution in [0.4, 0.5) is 13.2 Å². The Kier molecular flexibility index (Phi) is 5.58. The molecule has 0 radical (unpaired) electrons. The second-order valence-electron chi connectivity index (χ2n) is 7.35. The van der Waals surface area contributed by atoms with Crippen LogP contribution < -0.4 is 5.32 Å². The van der Waals surface area contributed by atoms with Crippen LogP contribution in [0, 0.1) is 17.8 Å². The number of hydrogen-bond acceptors (Lipinski definition) is 2. The van der Waals surface area contributed by atoms with Gasteiger partial charge in [-0.15, -0.1) is 0 Å². The van der Waals surface area contributed by atoms with E-state index in [0.717, 1.165) is 19.5 Å². The fourth-order valence-electron chi connectivity index (χ4n) is 4.00. The lowest BCUT2D eigenvalue weighted by Gasteiger charge is -2.42. The molecule has 2 heterocycles. The number of nitrogens with zero attached hydrogens (tertiary/aromatic N) is 1. The third-order valence-corrected chi connectivity index (χ3v) is 5.32. The number of rotatable bonds is 3. The van der Waals surface area contributed by atoms with Gasteiger partial charge in [0.15, 0.2) is 0 Å². The van der Waals surface area contributed by atoms with Crippen molar-refractivity contribution in [2.24, 2.45) is 17.8 Å². The van der Waals surface area contributed by atoms with Crippen LogP contribution in [0.3, 0.4) is 0 Å². The van der Waals surface area contributed by atoms with Crippen LogP contribution in [0.1, 0.15) is 46.0 Å². The molecule has 0 saturated carbocycles. The molecule has 2 saturated heterocycles. The van der Waals surface area contributed by atoms with Gasteiger partial charge in [0, 0.05) is 6.04 Å². The highest BCUT2D eigenvalue weighted by Gasteiger charge is 2.45. The summed E-state index contributed by atoms with van der Waals surface area (Å²) in [5, 5.41) is 2.91. The van der Waals surface area contributed by atoms with E-state index in [1.165, 1.54) is 12.8 Å². The van der Waals surface area contributed by atoms with Crippen molar-refractivity contribution < 1.29 is 13.2 Å². The van der Waals surface area contributed by atoms with E-state index < -0.39 is 12.2 Å². The molecule has 0 bridgehead atoms. The average molecular weight is 306 g/mol. The summed E-state index contributed by atoms with van der Waals surface area (Å²) in [5.74, 6) is 1.35. The summed E-state index contributed by atoms with van der Waals surface area (Å²) < 4.78 is 38.8. The molecule has 0 aromatic heterocycles. The van der Waals surface area contributed by atoms with Crippen molar-refractivity contribution in [3.8, 4) is 0 Å². The molecule has 5 heteroatoms. The van der Waals surface area contributed by atoms with Crippen molar-refractivity contribution >= 4 is 0 Å². The lowest BCUT2D eigenvalue weighted by Crippen LogP contribution is -2.56. The minimum absolute atomic E-state index is 0.00466. The number of halogens is 3. The van der Waals surface area contributed by atoms with Gasteiger partial charge in [0.1, 0.15) is 6.04 Å². The minimum atomic E-state index is -4.11. The quantitative estimate of drug-likeness (QED) is 0.856. The molecule has 2 nitrogen and oxygen atoms in total. The molecule has 0 aromatic carbocycles. The predicted molar refractivity (Wildman–Crippen MR) is 79.2 cm³/mol. The zero-order valence-electron chi connectivity index (χ0n) is 13.4. The van der Waals surface area contributed by atoms with Crippen LogP contribution in [-0.2, 0) is 0 Å². The van der Waals surface area contributed by atoms with Crippen molar-refractivity contribution in [1.82, 2.24) is 10.2 Å². The first-order valence-corrected chi connectivity index (χ1v) is 8.28. The summed E-state index contributed by atoms with van der Waals surface area (Å²) >= 11 is 0. The summed E-state index contributed by atoms with van der Waals surface area (Å²) in [4.78, 5) is 2.34. The third-order valence-electron chi connectivity index (χ3n) is 5.32. The summed E-state index contributed by atoms with van der Waals surface area (Å²) in [6.45, 7) is 6.33. The Balaban J connectivity index is 1.93. The predicted octanol–water partition coefficient (Wildman–Crippen LogP) is 3.67. The standard InChI is InChI=1S/C16H29F3N2/c1-11(2)15-13(4-5-14(20-15)16(17,18)19)10-12-6-8-21(3)9-7-12/h11-15,20H,4-10H2,1-3H3. The maximum absolute atomic E-state index is 12.9. The SMILES string of the molecule is CC(C)C1NC(C(F)(F)F)CCC1CC1CCN(C)CC1. The largest absolute Gasteiger partial charge is 0.403 e. The van der Waals surface area contributed by atoms with Crippen molar-refractivity contribution in [2.45, 2.75) is 64.2 Å². The Labute approximate surface area is 126 Å². The Bertz CT molecular complexity index is 322. The van der Waals surface area contributed by atoms with E-state index in [2.05, 4.69) is 17.3 Å². The highest BCUT2D eigenvalue weighted by atomic mass is 19.4. The van der Waals surface area contributed by atoms with Gasteiger partial charge < -0.3 is 10.2 Å². The van der Waals surface area contributed by atoms with E-state index in [-0.39, 0.29) is 18.4 Å². The lowest BCUT2D eigenvalue weighted by molar-refractivity contribution is -0.167. The number of nitrogens with one attached hydrogen (secondary N) is 1. The molecule has 1 N–H and O–H groups in total. The molecule has 2 aliphatic heterocycles. The molecule has 2 rings (SSSR count). The van der Waals surface area contributed by atoms with Gasteiger partial charge in [-0.05, 0) is 70.0 Å². The van der Waals surface area contributed by atoms with E-state index in [1.807, 2.05) is 13.8 Å². The number of piperidine rings is 2. The molecule has 2 aliphatic rings. The van der Waals surface area contributed by atoms with Gasteiger partial charge in [0.05, 0.1) is 0 Å². The molecule has 0 amide bonds. The number of hydrogen-bond donors (Lipinski definition) is 1. The van der Waals surface area contributed by atoms with Gasteiger partial charge in [-0.2, -0.15) is 13.2 Å². The van der Waals surface area contributed by atoms with Gasteiger partial charge in [0.25, 0.3) is 0 Å². The second kappa shape index (κ2) is 6.86. The molecular weight excluding hydrogens is 277 g/mol. The molecule has 124 valence electrons. The normalized spacial score (nSPS) is 33.6. The first kappa shape index (κ1) is 17.1. The number of alkyl halides is 3. The fraction of sp³-hybridized carbons (Fsp3) is 1.00. The Morgan fingerprint density at radius 2 is 1.71 bits per heavy atom. The Morgan fingerprint density at radius 1 is 1.10 bits per heavy atom. The second-order valence-corrected chi connectivity index (χ2v) is 7.35. The average Bonchev–Trinajstić information content (AvgIpc) is 2.40. The monoisotopic (exact) mass is 306 g/mol. The maximum atomic E-state index is 12.9. The molecular formula is C16H29F3N2. The van der Waals surface area contributed by atoms with Gasteiger partial charge >= 0.3 is 6.18 Å². The molecule has 0 spiro atoms. The smallest absolute Gasteiger partial charge is 0.306 e. The van der Waals surface area contributed by atoms with Crippen LogP contribution in [0.5, 0.6) is 0 Å². The molecule has 0 aliphatic carbocycles. The highest BCUT2D eigenvalue weighted by molar-refractivity contribution is 4.92. The fourth-order valence-corrected chi connectivity index (χ4v) is 4.00. The molecule has 3 unspecified atom stereocenters. The van der Waals surface area contributed by atoms with E-state index in [9.17, 15) is 13.2 Å². The van der Waals surface area contributed by atoms with Crippen LogP contribution in [-0.4, -0.2) is 43.3 Å². The van der Waals surface area contributed by atoms with Crippen LogP contribution in [0.25, 0.3) is 0 Å². The highest BCUT2D eigenvalue weighted by Crippen LogP contribution is 2.37. The summed E-state index contributed by atoms with van der Waals surface area (Å²) in [7, 11) is 2.14. The van der Waals surface area contributed by atoms with Crippen molar-refractivity contribution in [1.29, 1.82) is 0 Å². The maximum Gasteiger partial charge on any atom is 0.403 e. The van der Waals surface area contributed by atoms with Gasteiger partial charge in [-0.3, -0.25) is 0 Å².